The standard InChI is InChI=1S/C18H22BrFN4OS/c1-2-3-8-21-16(25)12-5-4-9-24(11-12)18-23-22-17(26-18)14-10-13(19)6-7-15(14)20/h6-7,10,12H,2-5,8-9,11H2,1H3,(H,21,25). The van der Waals surface area contributed by atoms with Gasteiger partial charge in [-0.3, -0.25) is 4.79 Å². The Kier molecular flexibility index (Phi) is 6.58. The highest BCUT2D eigenvalue weighted by atomic mass is 79.9. The van der Waals surface area contributed by atoms with Crippen LogP contribution in [-0.2, 0) is 4.79 Å². The first kappa shape index (κ1) is 19.2. The van der Waals surface area contributed by atoms with Crippen molar-refractivity contribution in [1.29, 1.82) is 0 Å². The smallest absolute Gasteiger partial charge is 0.224 e. The first-order valence-corrected chi connectivity index (χ1v) is 10.5. The third kappa shape index (κ3) is 4.59. The second kappa shape index (κ2) is 8.90. The first-order chi connectivity index (χ1) is 12.6. The van der Waals surface area contributed by atoms with E-state index in [-0.39, 0.29) is 17.6 Å². The van der Waals surface area contributed by atoms with Gasteiger partial charge in [0.1, 0.15) is 5.82 Å². The highest BCUT2D eigenvalue weighted by Crippen LogP contribution is 2.33. The van der Waals surface area contributed by atoms with Crippen molar-refractivity contribution in [3.8, 4) is 10.6 Å². The number of halogens is 2. The number of benzene rings is 1. The molecule has 1 aromatic heterocycles. The minimum Gasteiger partial charge on any atom is -0.356 e. The molecule has 1 fully saturated rings. The number of anilines is 1. The van der Waals surface area contributed by atoms with Crippen molar-refractivity contribution in [2.45, 2.75) is 32.6 Å². The summed E-state index contributed by atoms with van der Waals surface area (Å²) in [6.07, 6.45) is 3.89. The van der Waals surface area contributed by atoms with Crippen LogP contribution in [0.4, 0.5) is 9.52 Å². The van der Waals surface area contributed by atoms with E-state index in [9.17, 15) is 9.18 Å². The van der Waals surface area contributed by atoms with E-state index in [1.807, 2.05) is 0 Å². The Labute approximate surface area is 165 Å². The molecular weight excluding hydrogens is 419 g/mol. The van der Waals surface area contributed by atoms with Crippen LogP contribution in [0.3, 0.4) is 0 Å². The van der Waals surface area contributed by atoms with Gasteiger partial charge in [-0.05, 0) is 37.5 Å². The number of carbonyl (C=O) groups excluding carboxylic acids is 1. The molecule has 1 N–H and O–H groups in total. The third-order valence-corrected chi connectivity index (χ3v) is 5.98. The van der Waals surface area contributed by atoms with Gasteiger partial charge in [-0.2, -0.15) is 0 Å². The lowest BCUT2D eigenvalue weighted by molar-refractivity contribution is -0.125. The van der Waals surface area contributed by atoms with E-state index < -0.39 is 0 Å². The maximum absolute atomic E-state index is 14.1. The molecule has 2 aromatic rings. The van der Waals surface area contributed by atoms with Gasteiger partial charge in [-0.1, -0.05) is 40.6 Å². The minimum atomic E-state index is -0.317. The van der Waals surface area contributed by atoms with Crippen LogP contribution in [0.2, 0.25) is 0 Å². The molecule has 5 nitrogen and oxygen atoms in total. The first-order valence-electron chi connectivity index (χ1n) is 8.90. The normalized spacial score (nSPS) is 17.3. The molecule has 1 aromatic carbocycles. The van der Waals surface area contributed by atoms with E-state index in [0.29, 0.717) is 17.1 Å². The van der Waals surface area contributed by atoms with Gasteiger partial charge in [0.2, 0.25) is 11.0 Å². The van der Waals surface area contributed by atoms with E-state index >= 15 is 0 Å². The summed E-state index contributed by atoms with van der Waals surface area (Å²) in [6, 6.07) is 4.78. The maximum atomic E-state index is 14.1. The number of aromatic nitrogens is 2. The Morgan fingerprint density at radius 2 is 2.31 bits per heavy atom. The second-order valence-corrected chi connectivity index (χ2v) is 8.32. The molecule has 1 atom stereocenters. The summed E-state index contributed by atoms with van der Waals surface area (Å²) in [5.41, 5.74) is 0.439. The van der Waals surface area contributed by atoms with Gasteiger partial charge in [-0.15, -0.1) is 10.2 Å². The number of unbranched alkanes of at least 4 members (excludes halogenated alkanes) is 1. The highest BCUT2D eigenvalue weighted by molar-refractivity contribution is 9.10. The number of nitrogens with zero attached hydrogens (tertiary/aromatic N) is 3. The second-order valence-electron chi connectivity index (χ2n) is 6.44. The molecule has 1 amide bonds. The molecule has 0 spiro atoms. The Hall–Kier alpha value is -1.54. The molecule has 0 radical (unpaired) electrons. The molecule has 0 bridgehead atoms. The van der Waals surface area contributed by atoms with Crippen LogP contribution in [0, 0.1) is 11.7 Å². The molecule has 1 aliphatic rings. The summed E-state index contributed by atoms with van der Waals surface area (Å²) < 4.78 is 14.9. The van der Waals surface area contributed by atoms with Crippen molar-refractivity contribution >= 4 is 38.3 Å². The lowest BCUT2D eigenvalue weighted by atomic mass is 9.97. The summed E-state index contributed by atoms with van der Waals surface area (Å²) in [5, 5.41) is 12.7. The Bertz CT molecular complexity index is 769. The predicted octanol–water partition coefficient (Wildman–Crippen LogP) is 4.24. The molecule has 3 rings (SSSR count). The number of amides is 1. The summed E-state index contributed by atoms with van der Waals surface area (Å²) >= 11 is 4.72. The van der Waals surface area contributed by atoms with E-state index in [1.54, 1.807) is 12.1 Å². The fourth-order valence-corrected chi connectivity index (χ4v) is 4.27. The maximum Gasteiger partial charge on any atom is 0.224 e. The van der Waals surface area contributed by atoms with Crippen LogP contribution >= 0.6 is 27.3 Å². The third-order valence-electron chi connectivity index (χ3n) is 4.47. The fourth-order valence-electron chi connectivity index (χ4n) is 3.01. The fraction of sp³-hybridized carbons (Fsp3) is 0.500. The molecule has 0 saturated carbocycles. The lowest BCUT2D eigenvalue weighted by Crippen LogP contribution is -2.43. The quantitative estimate of drug-likeness (QED) is 0.682. The van der Waals surface area contributed by atoms with Gasteiger partial charge in [0, 0.05) is 29.7 Å². The lowest BCUT2D eigenvalue weighted by Gasteiger charge is -2.31. The number of hydrogen-bond acceptors (Lipinski definition) is 5. The van der Waals surface area contributed by atoms with Gasteiger partial charge >= 0.3 is 0 Å². The Morgan fingerprint density at radius 1 is 1.46 bits per heavy atom. The number of nitrogens with one attached hydrogen (secondary N) is 1. The van der Waals surface area contributed by atoms with Crippen molar-refractivity contribution in [3.05, 3.63) is 28.5 Å². The van der Waals surface area contributed by atoms with Gasteiger partial charge in [-0.25, -0.2) is 4.39 Å². The zero-order chi connectivity index (χ0) is 18.5. The monoisotopic (exact) mass is 440 g/mol. The highest BCUT2D eigenvalue weighted by Gasteiger charge is 2.27. The average molecular weight is 441 g/mol. The van der Waals surface area contributed by atoms with Crippen LogP contribution in [0.25, 0.3) is 10.6 Å². The largest absolute Gasteiger partial charge is 0.356 e. The van der Waals surface area contributed by atoms with Crippen molar-refractivity contribution < 1.29 is 9.18 Å². The van der Waals surface area contributed by atoms with E-state index in [1.165, 1.54) is 17.4 Å². The topological polar surface area (TPSA) is 58.1 Å². The summed E-state index contributed by atoms with van der Waals surface area (Å²) in [5.74, 6) is -0.232. The van der Waals surface area contributed by atoms with E-state index in [0.717, 1.165) is 48.4 Å². The van der Waals surface area contributed by atoms with Gasteiger partial charge in [0.05, 0.1) is 5.92 Å². The van der Waals surface area contributed by atoms with Crippen molar-refractivity contribution in [2.75, 3.05) is 24.5 Å². The van der Waals surface area contributed by atoms with Crippen LogP contribution in [0.5, 0.6) is 0 Å². The van der Waals surface area contributed by atoms with Crippen molar-refractivity contribution in [2.24, 2.45) is 5.92 Å². The van der Waals surface area contributed by atoms with Gasteiger partial charge < -0.3 is 10.2 Å². The molecule has 2 heterocycles. The van der Waals surface area contributed by atoms with E-state index in [2.05, 4.69) is 43.3 Å². The predicted molar refractivity (Wildman–Crippen MR) is 106 cm³/mol. The van der Waals surface area contributed by atoms with Crippen LogP contribution in [0.15, 0.2) is 22.7 Å². The zero-order valence-corrected chi connectivity index (χ0v) is 17.1. The zero-order valence-electron chi connectivity index (χ0n) is 14.7. The van der Waals surface area contributed by atoms with Crippen LogP contribution < -0.4 is 10.2 Å². The molecule has 1 unspecified atom stereocenters. The molecule has 1 saturated heterocycles. The Morgan fingerprint density at radius 3 is 3.12 bits per heavy atom. The number of hydrogen-bond donors (Lipinski definition) is 1. The number of piperidine rings is 1. The SMILES string of the molecule is CCCCNC(=O)C1CCCN(c2nnc(-c3cc(Br)ccc3F)s2)C1. The number of rotatable bonds is 6. The molecule has 8 heteroatoms. The molecule has 0 aliphatic carbocycles. The van der Waals surface area contributed by atoms with E-state index in [4.69, 9.17) is 0 Å². The minimum absolute atomic E-state index is 0.0319. The molecular formula is C18H22BrFN4OS. The summed E-state index contributed by atoms with van der Waals surface area (Å²) in [4.78, 5) is 14.4. The summed E-state index contributed by atoms with van der Waals surface area (Å²) in [6.45, 7) is 4.31. The molecule has 140 valence electrons. The number of carbonyl (C=O) groups is 1. The average Bonchev–Trinajstić information content (AvgIpc) is 3.14. The Balaban J connectivity index is 1.69. The molecule has 1 aliphatic heterocycles. The van der Waals surface area contributed by atoms with Crippen molar-refractivity contribution in [1.82, 2.24) is 15.5 Å². The van der Waals surface area contributed by atoms with Crippen molar-refractivity contribution in [3.63, 3.8) is 0 Å². The van der Waals surface area contributed by atoms with Gasteiger partial charge in [0.25, 0.3) is 0 Å². The van der Waals surface area contributed by atoms with Crippen LogP contribution in [-0.4, -0.2) is 35.7 Å². The van der Waals surface area contributed by atoms with Crippen LogP contribution in [0.1, 0.15) is 32.6 Å². The van der Waals surface area contributed by atoms with Gasteiger partial charge in [0.15, 0.2) is 5.01 Å². The molecule has 26 heavy (non-hydrogen) atoms. The summed E-state index contributed by atoms with van der Waals surface area (Å²) in [7, 11) is 0.